The van der Waals surface area contributed by atoms with E-state index >= 15 is 0 Å². The minimum atomic E-state index is -0.493. The Hall–Kier alpha value is -2.11. The molecule has 5 nitrogen and oxygen atoms in total. The summed E-state index contributed by atoms with van der Waals surface area (Å²) in [5.41, 5.74) is 1.03. The molecule has 21 heavy (non-hydrogen) atoms. The lowest BCUT2D eigenvalue weighted by Crippen LogP contribution is -2.11. The van der Waals surface area contributed by atoms with Crippen LogP contribution in [0, 0.1) is 10.1 Å². The molecule has 0 saturated carbocycles. The van der Waals surface area contributed by atoms with Gasteiger partial charge in [0.05, 0.1) is 9.95 Å². The number of non-ortho nitro benzene ring substituents is 1. The highest BCUT2D eigenvalue weighted by molar-refractivity contribution is 6.32. The normalized spacial score (nSPS) is 10.4. The Morgan fingerprint density at radius 3 is 2.76 bits per heavy atom. The molecule has 0 bridgehead atoms. The molecule has 2 aromatic rings. The van der Waals surface area contributed by atoms with E-state index in [0.29, 0.717) is 11.5 Å². The van der Waals surface area contributed by atoms with E-state index in [9.17, 15) is 10.1 Å². The number of nitrogens with zero attached hydrogens (tertiary/aromatic N) is 1. The fourth-order valence-corrected chi connectivity index (χ4v) is 2.01. The molecule has 0 spiro atoms. The molecule has 0 radical (unpaired) electrons. The Morgan fingerprint density at radius 1 is 1.29 bits per heavy atom. The maximum absolute atomic E-state index is 10.7. The quantitative estimate of drug-likeness (QED) is 0.643. The van der Waals surface area contributed by atoms with E-state index in [1.165, 1.54) is 18.2 Å². The van der Waals surface area contributed by atoms with Crippen LogP contribution in [0.4, 0.5) is 5.69 Å². The summed E-state index contributed by atoms with van der Waals surface area (Å²) in [5, 5.41) is 14.1. The van der Waals surface area contributed by atoms with Gasteiger partial charge < -0.3 is 10.1 Å². The van der Waals surface area contributed by atoms with Crippen molar-refractivity contribution < 1.29 is 9.66 Å². The molecule has 0 unspecified atom stereocenters. The summed E-state index contributed by atoms with van der Waals surface area (Å²) < 4.78 is 5.68. The third kappa shape index (κ3) is 4.18. The molecular weight excluding hydrogens is 292 g/mol. The number of ether oxygens (including phenoxy) is 1. The van der Waals surface area contributed by atoms with Gasteiger partial charge in [0.1, 0.15) is 11.5 Å². The van der Waals surface area contributed by atoms with Gasteiger partial charge in [-0.1, -0.05) is 30.7 Å². The average molecular weight is 307 g/mol. The predicted octanol–water partition coefficient (Wildman–Crippen LogP) is 4.15. The van der Waals surface area contributed by atoms with Crippen molar-refractivity contribution >= 4 is 17.3 Å². The summed E-state index contributed by atoms with van der Waals surface area (Å²) in [4.78, 5) is 10.2. The SMILES string of the molecule is CCNCc1cccc(Oc2ccc([N+](=O)[O-])cc2Cl)c1. The van der Waals surface area contributed by atoms with Crippen molar-refractivity contribution in [2.24, 2.45) is 0 Å². The summed E-state index contributed by atoms with van der Waals surface area (Å²) in [6.45, 7) is 3.68. The Bertz CT molecular complexity index is 647. The van der Waals surface area contributed by atoms with Gasteiger partial charge in [0.2, 0.25) is 0 Å². The fraction of sp³-hybridized carbons (Fsp3) is 0.200. The Kier molecular flexibility index (Phi) is 5.14. The van der Waals surface area contributed by atoms with Crippen molar-refractivity contribution in [3.05, 3.63) is 63.2 Å². The first kappa shape index (κ1) is 15.3. The second-order valence-electron chi connectivity index (χ2n) is 4.40. The number of rotatable bonds is 6. The molecule has 2 rings (SSSR count). The van der Waals surface area contributed by atoms with Crippen molar-refractivity contribution in [2.75, 3.05) is 6.54 Å². The average Bonchev–Trinajstić information content (AvgIpc) is 2.47. The first-order valence-electron chi connectivity index (χ1n) is 6.51. The van der Waals surface area contributed by atoms with Gasteiger partial charge >= 0.3 is 0 Å². The van der Waals surface area contributed by atoms with Gasteiger partial charge in [-0.25, -0.2) is 0 Å². The number of nitro groups is 1. The number of halogens is 1. The topological polar surface area (TPSA) is 64.4 Å². The molecule has 0 aromatic heterocycles. The summed E-state index contributed by atoms with van der Waals surface area (Å²) in [6.07, 6.45) is 0. The molecule has 0 atom stereocenters. The van der Waals surface area contributed by atoms with E-state index in [2.05, 4.69) is 5.32 Å². The largest absolute Gasteiger partial charge is 0.456 e. The first-order valence-corrected chi connectivity index (χ1v) is 6.89. The zero-order chi connectivity index (χ0) is 15.2. The van der Waals surface area contributed by atoms with Crippen LogP contribution in [-0.4, -0.2) is 11.5 Å². The molecule has 0 fully saturated rings. The van der Waals surface area contributed by atoms with Crippen LogP contribution >= 0.6 is 11.6 Å². The van der Waals surface area contributed by atoms with Gasteiger partial charge in [-0.05, 0) is 30.3 Å². The molecule has 0 aliphatic carbocycles. The van der Waals surface area contributed by atoms with Crippen LogP contribution in [0.3, 0.4) is 0 Å². The molecule has 0 saturated heterocycles. The maximum Gasteiger partial charge on any atom is 0.271 e. The molecule has 0 aliphatic rings. The minimum Gasteiger partial charge on any atom is -0.456 e. The molecule has 6 heteroatoms. The molecule has 2 aromatic carbocycles. The molecule has 1 N–H and O–H groups in total. The zero-order valence-corrected chi connectivity index (χ0v) is 12.3. The highest BCUT2D eigenvalue weighted by atomic mass is 35.5. The van der Waals surface area contributed by atoms with Crippen LogP contribution in [0.25, 0.3) is 0 Å². The zero-order valence-electron chi connectivity index (χ0n) is 11.5. The summed E-state index contributed by atoms with van der Waals surface area (Å²) in [6, 6.07) is 11.7. The van der Waals surface area contributed by atoms with E-state index in [0.717, 1.165) is 18.7 Å². The molecule has 110 valence electrons. The van der Waals surface area contributed by atoms with Crippen LogP contribution < -0.4 is 10.1 Å². The van der Waals surface area contributed by atoms with E-state index < -0.39 is 4.92 Å². The maximum atomic E-state index is 10.7. The number of hydrogen-bond donors (Lipinski definition) is 1. The summed E-state index contributed by atoms with van der Waals surface area (Å²) in [5.74, 6) is 1.03. The number of nitro benzene ring substituents is 1. The molecule has 0 heterocycles. The van der Waals surface area contributed by atoms with Crippen LogP contribution in [-0.2, 0) is 6.54 Å². The highest BCUT2D eigenvalue weighted by Gasteiger charge is 2.11. The highest BCUT2D eigenvalue weighted by Crippen LogP contribution is 2.32. The lowest BCUT2D eigenvalue weighted by Gasteiger charge is -2.09. The predicted molar refractivity (Wildman–Crippen MR) is 82.0 cm³/mol. The van der Waals surface area contributed by atoms with Gasteiger partial charge in [0.15, 0.2) is 0 Å². The lowest BCUT2D eigenvalue weighted by molar-refractivity contribution is -0.384. The van der Waals surface area contributed by atoms with Crippen molar-refractivity contribution in [2.45, 2.75) is 13.5 Å². The van der Waals surface area contributed by atoms with Crippen LogP contribution in [0.5, 0.6) is 11.5 Å². The molecular formula is C15H15ClN2O3. The van der Waals surface area contributed by atoms with Crippen molar-refractivity contribution in [1.82, 2.24) is 5.32 Å². The van der Waals surface area contributed by atoms with Gasteiger partial charge in [-0.15, -0.1) is 0 Å². The minimum absolute atomic E-state index is 0.0618. The third-order valence-corrected chi connectivity index (χ3v) is 3.13. The number of hydrogen-bond acceptors (Lipinski definition) is 4. The second-order valence-corrected chi connectivity index (χ2v) is 4.81. The molecule has 0 aliphatic heterocycles. The smallest absolute Gasteiger partial charge is 0.271 e. The van der Waals surface area contributed by atoms with Crippen LogP contribution in [0.15, 0.2) is 42.5 Å². The van der Waals surface area contributed by atoms with E-state index in [4.69, 9.17) is 16.3 Å². The van der Waals surface area contributed by atoms with Crippen LogP contribution in [0.1, 0.15) is 12.5 Å². The third-order valence-electron chi connectivity index (χ3n) is 2.83. The van der Waals surface area contributed by atoms with E-state index in [1.54, 1.807) is 0 Å². The Balaban J connectivity index is 2.16. The second kappa shape index (κ2) is 7.06. The van der Waals surface area contributed by atoms with Gasteiger partial charge in [0, 0.05) is 18.7 Å². The van der Waals surface area contributed by atoms with E-state index in [-0.39, 0.29) is 10.7 Å². The van der Waals surface area contributed by atoms with E-state index in [1.807, 2.05) is 31.2 Å². The first-order chi connectivity index (χ1) is 10.1. The van der Waals surface area contributed by atoms with Crippen molar-refractivity contribution in [1.29, 1.82) is 0 Å². The van der Waals surface area contributed by atoms with Crippen molar-refractivity contribution in [3.8, 4) is 11.5 Å². The summed E-state index contributed by atoms with van der Waals surface area (Å²) in [7, 11) is 0. The van der Waals surface area contributed by atoms with Crippen LogP contribution in [0.2, 0.25) is 5.02 Å². The van der Waals surface area contributed by atoms with Gasteiger partial charge in [0.25, 0.3) is 5.69 Å². The Morgan fingerprint density at radius 2 is 2.10 bits per heavy atom. The standard InChI is InChI=1S/C15H15ClN2O3/c1-2-17-10-11-4-3-5-13(8-11)21-15-7-6-12(18(19)20)9-14(15)16/h3-9,17H,2,10H2,1H3. The summed E-state index contributed by atoms with van der Waals surface area (Å²) >= 11 is 6.00. The molecule has 0 amide bonds. The fourth-order valence-electron chi connectivity index (χ4n) is 1.80. The van der Waals surface area contributed by atoms with Gasteiger partial charge in [-0.3, -0.25) is 10.1 Å². The monoisotopic (exact) mass is 306 g/mol. The number of nitrogens with one attached hydrogen (secondary N) is 1. The van der Waals surface area contributed by atoms with Gasteiger partial charge in [-0.2, -0.15) is 0 Å². The lowest BCUT2D eigenvalue weighted by atomic mass is 10.2. The van der Waals surface area contributed by atoms with Crippen molar-refractivity contribution in [3.63, 3.8) is 0 Å². The number of benzene rings is 2. The Labute approximate surface area is 127 Å².